The van der Waals surface area contributed by atoms with Gasteiger partial charge in [-0.2, -0.15) is 9.61 Å². The topological polar surface area (TPSA) is 127 Å². The summed E-state index contributed by atoms with van der Waals surface area (Å²) in [6.07, 6.45) is 6.41. The molecule has 0 spiro atoms. The summed E-state index contributed by atoms with van der Waals surface area (Å²) in [7, 11) is 1.51. The number of methoxy groups -OCH3 is 1. The summed E-state index contributed by atoms with van der Waals surface area (Å²) in [6, 6.07) is 10.2. The van der Waals surface area contributed by atoms with Gasteiger partial charge >= 0.3 is 0 Å². The van der Waals surface area contributed by atoms with Crippen LogP contribution < -0.4 is 21.5 Å². The number of fused-ring (bicyclic) bond motifs is 1. The lowest BCUT2D eigenvalue weighted by Crippen LogP contribution is -2.51. The highest BCUT2D eigenvalue weighted by molar-refractivity contribution is 6.00. The summed E-state index contributed by atoms with van der Waals surface area (Å²) >= 11 is 0. The van der Waals surface area contributed by atoms with Crippen molar-refractivity contribution in [3.05, 3.63) is 70.9 Å². The van der Waals surface area contributed by atoms with Crippen molar-refractivity contribution < 1.29 is 10.9 Å². The number of amides is 1. The van der Waals surface area contributed by atoms with E-state index in [2.05, 4.69) is 31.0 Å². The molecule has 4 aromatic rings. The Morgan fingerprint density at radius 3 is 2.91 bits per heavy atom. The highest BCUT2D eigenvalue weighted by Crippen LogP contribution is 2.24. The van der Waals surface area contributed by atoms with Crippen LogP contribution in [0.25, 0.3) is 11.5 Å². The molecule has 1 saturated carbocycles. The molecule has 0 saturated heterocycles. The molecular formula is C23H24N8O3. The zero-order valence-electron chi connectivity index (χ0n) is 19.4. The predicted molar refractivity (Wildman–Crippen MR) is 127 cm³/mol. The SMILES string of the molecule is [2H]CNc1cc(Nc2cccn(-c3ccccn3)c2=O)nc2c(C(=O)N[C@H]3CC[C@@H]3OC)cnn12. The van der Waals surface area contributed by atoms with Crippen LogP contribution in [0.5, 0.6) is 0 Å². The minimum Gasteiger partial charge on any atom is -0.379 e. The van der Waals surface area contributed by atoms with Gasteiger partial charge in [-0.15, -0.1) is 0 Å². The third kappa shape index (κ3) is 3.86. The molecule has 4 heterocycles. The molecule has 0 aliphatic heterocycles. The Kier molecular flexibility index (Phi) is 5.36. The van der Waals surface area contributed by atoms with E-state index in [1.165, 1.54) is 15.3 Å². The number of nitrogens with one attached hydrogen (secondary N) is 3. The summed E-state index contributed by atoms with van der Waals surface area (Å²) in [5.74, 6) is 0.940. The number of carbonyl (C=O) groups is 1. The number of pyridine rings is 2. The third-order valence-electron chi connectivity index (χ3n) is 5.83. The molecule has 0 unspecified atom stereocenters. The maximum atomic E-state index is 13.1. The predicted octanol–water partition coefficient (Wildman–Crippen LogP) is 1.97. The molecule has 34 heavy (non-hydrogen) atoms. The Morgan fingerprint density at radius 1 is 1.26 bits per heavy atom. The molecule has 11 nitrogen and oxygen atoms in total. The smallest absolute Gasteiger partial charge is 0.279 e. The molecule has 1 aliphatic rings. The van der Waals surface area contributed by atoms with Crippen molar-refractivity contribution in [1.29, 1.82) is 0 Å². The average Bonchev–Trinajstić information content (AvgIpc) is 3.28. The highest BCUT2D eigenvalue weighted by Gasteiger charge is 2.33. The molecule has 3 N–H and O–H groups in total. The van der Waals surface area contributed by atoms with E-state index in [0.29, 0.717) is 17.5 Å². The quantitative estimate of drug-likeness (QED) is 0.381. The standard InChI is InChI=1S/C23H24N8O3/c1-24-20-12-18(27-16-6-5-11-30(23(16)33)19-7-3-4-10-25-19)29-21-14(13-26-31(20)21)22(32)28-15-8-9-17(15)34-2/h3-7,10-13,15,17,24H,8-9H2,1-2H3,(H,27,29)(H,28,32)/t15-,17-/m0/s1/i1D. The Balaban J connectivity index is 1.50. The van der Waals surface area contributed by atoms with E-state index in [-0.39, 0.29) is 47.5 Å². The van der Waals surface area contributed by atoms with Gasteiger partial charge in [0.25, 0.3) is 11.5 Å². The van der Waals surface area contributed by atoms with Gasteiger partial charge in [0.2, 0.25) is 0 Å². The monoisotopic (exact) mass is 461 g/mol. The minimum absolute atomic E-state index is 0.00845. The van der Waals surface area contributed by atoms with Crippen LogP contribution >= 0.6 is 0 Å². The van der Waals surface area contributed by atoms with Gasteiger partial charge in [-0.05, 0) is 37.1 Å². The van der Waals surface area contributed by atoms with Crippen molar-refractivity contribution in [2.45, 2.75) is 25.0 Å². The molecule has 1 aliphatic carbocycles. The van der Waals surface area contributed by atoms with Crippen LogP contribution in [0.4, 0.5) is 17.3 Å². The lowest BCUT2D eigenvalue weighted by molar-refractivity contribution is 0.00732. The van der Waals surface area contributed by atoms with Crippen molar-refractivity contribution in [1.82, 2.24) is 29.5 Å². The van der Waals surface area contributed by atoms with Gasteiger partial charge in [-0.1, -0.05) is 6.07 Å². The first-order valence-corrected chi connectivity index (χ1v) is 10.7. The largest absolute Gasteiger partial charge is 0.379 e. The molecular weight excluding hydrogens is 436 g/mol. The van der Waals surface area contributed by atoms with Crippen molar-refractivity contribution >= 4 is 28.9 Å². The van der Waals surface area contributed by atoms with Crippen molar-refractivity contribution in [3.63, 3.8) is 0 Å². The van der Waals surface area contributed by atoms with Crippen LogP contribution in [0.2, 0.25) is 0 Å². The summed E-state index contributed by atoms with van der Waals surface area (Å²) in [5, 5.41) is 13.2. The number of hydrogen-bond acceptors (Lipinski definition) is 8. The Hall–Kier alpha value is -4.25. The third-order valence-corrected chi connectivity index (χ3v) is 5.83. The second-order valence-electron chi connectivity index (χ2n) is 7.84. The van der Waals surface area contributed by atoms with Gasteiger partial charge in [0.05, 0.1) is 18.3 Å². The fraction of sp³-hybridized carbons (Fsp3) is 0.261. The summed E-state index contributed by atoms with van der Waals surface area (Å²) in [6.45, 7) is 0. The Morgan fingerprint density at radius 2 is 2.18 bits per heavy atom. The zero-order valence-corrected chi connectivity index (χ0v) is 18.4. The van der Waals surface area contributed by atoms with E-state index in [1.807, 2.05) is 0 Å². The number of nitrogens with zero attached hydrogens (tertiary/aromatic N) is 5. The van der Waals surface area contributed by atoms with Crippen LogP contribution in [0, 0.1) is 0 Å². The van der Waals surface area contributed by atoms with E-state index in [9.17, 15) is 9.59 Å². The van der Waals surface area contributed by atoms with Gasteiger partial charge in [0, 0.05) is 34.0 Å². The van der Waals surface area contributed by atoms with Gasteiger partial charge < -0.3 is 20.7 Å². The van der Waals surface area contributed by atoms with Gasteiger partial charge in [-0.25, -0.2) is 9.97 Å². The van der Waals surface area contributed by atoms with Crippen LogP contribution in [0.1, 0.15) is 24.6 Å². The molecule has 174 valence electrons. The van der Waals surface area contributed by atoms with Crippen LogP contribution in [0.15, 0.2) is 59.8 Å². The molecule has 4 aromatic heterocycles. The second-order valence-corrected chi connectivity index (χ2v) is 7.84. The summed E-state index contributed by atoms with van der Waals surface area (Å²) in [5.41, 5.74) is 0.528. The summed E-state index contributed by atoms with van der Waals surface area (Å²) < 4.78 is 15.8. The fourth-order valence-electron chi connectivity index (χ4n) is 3.88. The molecule has 2 atom stereocenters. The maximum Gasteiger partial charge on any atom is 0.279 e. The van der Waals surface area contributed by atoms with E-state index in [0.717, 1.165) is 12.8 Å². The normalized spacial score (nSPS) is 17.6. The zero-order chi connectivity index (χ0) is 24.4. The van der Waals surface area contributed by atoms with E-state index in [1.54, 1.807) is 55.9 Å². The van der Waals surface area contributed by atoms with Crippen LogP contribution in [-0.4, -0.2) is 56.3 Å². The fourth-order valence-corrected chi connectivity index (χ4v) is 3.88. The van der Waals surface area contributed by atoms with Crippen molar-refractivity contribution in [3.8, 4) is 5.82 Å². The average molecular weight is 462 g/mol. The molecule has 11 heteroatoms. The van der Waals surface area contributed by atoms with Gasteiger partial charge in [0.15, 0.2) is 5.65 Å². The number of aromatic nitrogens is 5. The summed E-state index contributed by atoms with van der Waals surface area (Å²) in [4.78, 5) is 34.9. The molecule has 1 fully saturated rings. The first-order chi connectivity index (χ1) is 17.1. The van der Waals surface area contributed by atoms with Crippen molar-refractivity contribution in [2.24, 2.45) is 0 Å². The molecule has 0 bridgehead atoms. The number of anilines is 3. The van der Waals surface area contributed by atoms with Gasteiger partial charge in [0.1, 0.15) is 28.7 Å². The Bertz CT molecular complexity index is 1420. The maximum absolute atomic E-state index is 13.1. The molecule has 0 radical (unpaired) electrons. The molecule has 5 rings (SSSR count). The van der Waals surface area contributed by atoms with E-state index >= 15 is 0 Å². The van der Waals surface area contributed by atoms with Gasteiger partial charge in [-0.3, -0.25) is 14.2 Å². The first-order valence-electron chi connectivity index (χ1n) is 11.5. The molecule has 0 aromatic carbocycles. The number of ether oxygens (including phenoxy) is 1. The van der Waals surface area contributed by atoms with Crippen LogP contribution in [-0.2, 0) is 4.74 Å². The Labute approximate surface area is 196 Å². The number of hydrogen-bond donors (Lipinski definition) is 3. The lowest BCUT2D eigenvalue weighted by Gasteiger charge is -2.35. The van der Waals surface area contributed by atoms with Crippen molar-refractivity contribution in [2.75, 3.05) is 24.8 Å². The molecule has 1 amide bonds. The van der Waals surface area contributed by atoms with Crippen LogP contribution in [0.3, 0.4) is 0 Å². The second kappa shape index (κ2) is 8.94. The highest BCUT2D eigenvalue weighted by atomic mass is 16.5. The first kappa shape index (κ1) is 20.4. The minimum atomic E-state index is -0.315. The lowest BCUT2D eigenvalue weighted by atomic mass is 9.89. The number of carbonyl (C=O) groups excluding carboxylic acids is 1. The van der Waals surface area contributed by atoms with E-state index < -0.39 is 0 Å². The number of rotatable bonds is 7. The van der Waals surface area contributed by atoms with E-state index in [4.69, 9.17) is 6.11 Å².